The number of sulfonamides is 1. The number of urea groups is 1. The number of amides is 2. The highest BCUT2D eigenvalue weighted by Gasteiger charge is 2.29. The topological polar surface area (TPSA) is 93.1 Å². The molecule has 0 unspecified atom stereocenters. The van der Waals surface area contributed by atoms with Crippen molar-refractivity contribution in [2.24, 2.45) is 0 Å². The van der Waals surface area contributed by atoms with Gasteiger partial charge < -0.3 is 5.32 Å². The van der Waals surface area contributed by atoms with Gasteiger partial charge in [-0.2, -0.15) is 5.10 Å². The van der Waals surface area contributed by atoms with E-state index in [1.165, 1.54) is 28.5 Å². The van der Waals surface area contributed by atoms with Gasteiger partial charge in [0.25, 0.3) is 10.0 Å². The van der Waals surface area contributed by atoms with Crippen molar-refractivity contribution in [1.29, 1.82) is 0 Å². The molecule has 0 spiro atoms. The smallest absolute Gasteiger partial charge is 0.307 e. The average Bonchev–Trinajstić information content (AvgIpc) is 3.39. The van der Waals surface area contributed by atoms with Crippen molar-refractivity contribution in [3.05, 3.63) is 40.2 Å². The normalized spacial score (nSPS) is 17.7. The summed E-state index contributed by atoms with van der Waals surface area (Å²) in [5, 5.41) is 7.06. The quantitative estimate of drug-likeness (QED) is 0.828. The summed E-state index contributed by atoms with van der Waals surface area (Å²) in [7, 11) is -3.95. The molecule has 5 rings (SSSR count). The Morgan fingerprint density at radius 3 is 2.39 bits per heavy atom. The second kappa shape index (κ2) is 6.62. The standard InChI is InChI=1S/C20H24N4O3S/c25-20(23-28(26,27)18-12-21-24-10-2-1-9-17(18)24)22-19-15-7-3-5-13(15)11-14-6-4-8-16(14)19/h11-12H,1-10H2,(H2,22,23,25). The van der Waals surface area contributed by atoms with Crippen molar-refractivity contribution in [3.8, 4) is 0 Å². The van der Waals surface area contributed by atoms with Crippen LogP contribution >= 0.6 is 0 Å². The number of aromatic nitrogens is 2. The van der Waals surface area contributed by atoms with E-state index in [1.807, 2.05) is 0 Å². The summed E-state index contributed by atoms with van der Waals surface area (Å²) in [4.78, 5) is 12.8. The van der Waals surface area contributed by atoms with Crippen LogP contribution < -0.4 is 10.0 Å². The van der Waals surface area contributed by atoms with E-state index < -0.39 is 16.1 Å². The highest BCUT2D eigenvalue weighted by atomic mass is 32.2. The predicted octanol–water partition coefficient (Wildman–Crippen LogP) is 2.71. The fraction of sp³-hybridized carbons (Fsp3) is 0.500. The van der Waals surface area contributed by atoms with Crippen LogP contribution in [0.25, 0.3) is 0 Å². The van der Waals surface area contributed by atoms with E-state index in [4.69, 9.17) is 0 Å². The molecule has 0 bridgehead atoms. The number of rotatable bonds is 3. The lowest BCUT2D eigenvalue weighted by Gasteiger charge is -2.17. The van der Waals surface area contributed by atoms with Crippen molar-refractivity contribution in [2.45, 2.75) is 69.2 Å². The van der Waals surface area contributed by atoms with Gasteiger partial charge in [-0.05, 0) is 80.0 Å². The summed E-state index contributed by atoms with van der Waals surface area (Å²) in [6, 6.07) is 1.59. The molecule has 0 atom stereocenters. The van der Waals surface area contributed by atoms with Gasteiger partial charge in [0.1, 0.15) is 4.90 Å². The largest absolute Gasteiger partial charge is 0.333 e. The predicted molar refractivity (Wildman–Crippen MR) is 105 cm³/mol. The minimum absolute atomic E-state index is 0.117. The molecule has 28 heavy (non-hydrogen) atoms. The summed E-state index contributed by atoms with van der Waals surface area (Å²) in [5.74, 6) is 0. The summed E-state index contributed by atoms with van der Waals surface area (Å²) in [5.41, 5.74) is 6.47. The Morgan fingerprint density at radius 1 is 0.964 bits per heavy atom. The molecule has 1 aromatic heterocycles. The molecular weight excluding hydrogens is 376 g/mol. The molecule has 2 aliphatic carbocycles. The number of nitrogens with one attached hydrogen (secondary N) is 2. The van der Waals surface area contributed by atoms with Crippen LogP contribution in [0.2, 0.25) is 0 Å². The van der Waals surface area contributed by atoms with Crippen LogP contribution in [0.5, 0.6) is 0 Å². The molecule has 1 aliphatic heterocycles. The number of nitrogens with zero attached hydrogens (tertiary/aromatic N) is 2. The highest BCUT2D eigenvalue weighted by Crippen LogP contribution is 2.38. The molecular formula is C20H24N4O3S. The van der Waals surface area contributed by atoms with E-state index in [9.17, 15) is 13.2 Å². The Labute approximate surface area is 164 Å². The van der Waals surface area contributed by atoms with Crippen LogP contribution in [-0.2, 0) is 48.7 Å². The molecule has 3 aliphatic rings. The van der Waals surface area contributed by atoms with E-state index in [-0.39, 0.29) is 4.90 Å². The van der Waals surface area contributed by atoms with E-state index >= 15 is 0 Å². The maximum Gasteiger partial charge on any atom is 0.333 e. The maximum atomic E-state index is 12.8. The molecule has 2 amide bonds. The maximum absolute atomic E-state index is 12.8. The summed E-state index contributed by atoms with van der Waals surface area (Å²) in [6.45, 7) is 0.722. The lowest BCUT2D eigenvalue weighted by molar-refractivity contribution is 0.256. The second-order valence-corrected chi connectivity index (χ2v) is 9.58. The van der Waals surface area contributed by atoms with Gasteiger partial charge in [0.2, 0.25) is 0 Å². The summed E-state index contributed by atoms with van der Waals surface area (Å²) < 4.78 is 29.6. The number of hydrogen-bond donors (Lipinski definition) is 2. The van der Waals surface area contributed by atoms with Crippen molar-refractivity contribution >= 4 is 21.7 Å². The number of hydrogen-bond acceptors (Lipinski definition) is 4. The van der Waals surface area contributed by atoms with Gasteiger partial charge in [-0.25, -0.2) is 17.9 Å². The SMILES string of the molecule is O=C(Nc1c2c(cc3c1CCC3)CCC2)NS(=O)(=O)c1cnn2c1CCCC2. The van der Waals surface area contributed by atoms with Gasteiger partial charge in [-0.15, -0.1) is 0 Å². The molecule has 2 heterocycles. The first-order chi connectivity index (χ1) is 13.5. The van der Waals surface area contributed by atoms with Gasteiger partial charge >= 0.3 is 6.03 Å². The van der Waals surface area contributed by atoms with Crippen LogP contribution in [0.4, 0.5) is 10.5 Å². The third-order valence-corrected chi connectivity index (χ3v) is 7.55. The molecule has 0 saturated heterocycles. The fourth-order valence-electron chi connectivity index (χ4n) is 4.90. The molecule has 2 N–H and O–H groups in total. The Morgan fingerprint density at radius 2 is 1.68 bits per heavy atom. The number of fused-ring (bicyclic) bond motifs is 3. The summed E-state index contributed by atoms with van der Waals surface area (Å²) in [6.07, 6.45) is 10.0. The third-order valence-electron chi connectivity index (χ3n) is 6.17. The lowest BCUT2D eigenvalue weighted by atomic mass is 9.99. The van der Waals surface area contributed by atoms with Gasteiger partial charge in [0.15, 0.2) is 0 Å². The number of aryl methyl sites for hydroxylation is 3. The molecule has 0 saturated carbocycles. The molecule has 148 valence electrons. The van der Waals surface area contributed by atoms with E-state index in [0.717, 1.165) is 63.6 Å². The molecule has 0 radical (unpaired) electrons. The Bertz CT molecular complexity index is 1040. The monoisotopic (exact) mass is 400 g/mol. The molecule has 8 heteroatoms. The van der Waals surface area contributed by atoms with E-state index in [2.05, 4.69) is 21.2 Å². The number of anilines is 1. The van der Waals surface area contributed by atoms with Crippen molar-refractivity contribution < 1.29 is 13.2 Å². The van der Waals surface area contributed by atoms with Crippen LogP contribution in [0.3, 0.4) is 0 Å². The average molecular weight is 401 g/mol. The number of carbonyl (C=O) groups excluding carboxylic acids is 1. The highest BCUT2D eigenvalue weighted by molar-refractivity contribution is 7.90. The number of benzene rings is 1. The van der Waals surface area contributed by atoms with Crippen LogP contribution in [-0.4, -0.2) is 24.2 Å². The van der Waals surface area contributed by atoms with E-state index in [0.29, 0.717) is 12.1 Å². The Hall–Kier alpha value is -2.35. The van der Waals surface area contributed by atoms with Crippen molar-refractivity contribution in [3.63, 3.8) is 0 Å². The van der Waals surface area contributed by atoms with Gasteiger partial charge in [-0.1, -0.05) is 6.07 Å². The molecule has 1 aromatic carbocycles. The Balaban J connectivity index is 1.41. The third kappa shape index (κ3) is 2.90. The zero-order valence-corrected chi connectivity index (χ0v) is 16.6. The first-order valence-electron chi connectivity index (χ1n) is 10.1. The fourth-order valence-corrected chi connectivity index (χ4v) is 6.01. The number of carbonyl (C=O) groups is 1. The lowest BCUT2D eigenvalue weighted by Crippen LogP contribution is -2.35. The minimum Gasteiger partial charge on any atom is -0.307 e. The van der Waals surface area contributed by atoms with E-state index in [1.54, 1.807) is 4.68 Å². The van der Waals surface area contributed by atoms with Crippen molar-refractivity contribution in [1.82, 2.24) is 14.5 Å². The summed E-state index contributed by atoms with van der Waals surface area (Å²) >= 11 is 0. The first-order valence-corrected chi connectivity index (χ1v) is 11.6. The van der Waals surface area contributed by atoms with Crippen LogP contribution in [0, 0.1) is 0 Å². The second-order valence-electron chi connectivity index (χ2n) is 7.93. The first kappa shape index (κ1) is 17.7. The molecule has 7 nitrogen and oxygen atoms in total. The molecule has 2 aromatic rings. The van der Waals surface area contributed by atoms with Crippen LogP contribution in [0.1, 0.15) is 53.6 Å². The molecule has 0 fully saturated rings. The van der Waals surface area contributed by atoms with Gasteiger partial charge in [-0.3, -0.25) is 4.68 Å². The Kier molecular flexibility index (Phi) is 4.19. The van der Waals surface area contributed by atoms with Crippen LogP contribution in [0.15, 0.2) is 17.2 Å². The minimum atomic E-state index is -3.95. The van der Waals surface area contributed by atoms with Gasteiger partial charge in [0, 0.05) is 12.2 Å². The zero-order chi connectivity index (χ0) is 19.3. The zero-order valence-electron chi connectivity index (χ0n) is 15.8. The van der Waals surface area contributed by atoms with Crippen molar-refractivity contribution in [2.75, 3.05) is 5.32 Å². The van der Waals surface area contributed by atoms with Gasteiger partial charge in [0.05, 0.1) is 11.9 Å².